The fourth-order valence-corrected chi connectivity index (χ4v) is 1.81. The van der Waals surface area contributed by atoms with E-state index < -0.39 is 0 Å². The van der Waals surface area contributed by atoms with Crippen molar-refractivity contribution in [1.29, 1.82) is 0 Å². The van der Waals surface area contributed by atoms with Crippen LogP contribution in [-0.4, -0.2) is 15.1 Å². The molecule has 0 aliphatic heterocycles. The highest BCUT2D eigenvalue weighted by Gasteiger charge is 2.11. The van der Waals surface area contributed by atoms with Gasteiger partial charge in [-0.1, -0.05) is 17.3 Å². The number of hydrogen-bond donors (Lipinski definition) is 1. The lowest BCUT2D eigenvalue weighted by atomic mass is 10.2. The predicted octanol–water partition coefficient (Wildman–Crippen LogP) is 2.30. The third kappa shape index (κ3) is 2.44. The molecule has 5 nitrogen and oxygen atoms in total. The summed E-state index contributed by atoms with van der Waals surface area (Å²) in [5, 5.41) is 3.97. The number of para-hydroxylation sites is 1. The fourth-order valence-electron chi connectivity index (χ4n) is 1.81. The third-order valence-corrected chi connectivity index (χ3v) is 2.77. The maximum Gasteiger partial charge on any atom is 0.260 e. The Bertz CT molecular complexity index is 679. The topological polar surface area (TPSA) is 77.8 Å². The summed E-state index contributed by atoms with van der Waals surface area (Å²) in [5.74, 6) is 1.08. The molecule has 0 aliphatic rings. The molecule has 0 fully saturated rings. The van der Waals surface area contributed by atoms with Gasteiger partial charge >= 0.3 is 0 Å². The van der Waals surface area contributed by atoms with Crippen LogP contribution in [0.5, 0.6) is 0 Å². The summed E-state index contributed by atoms with van der Waals surface area (Å²) < 4.78 is 5.25. The van der Waals surface area contributed by atoms with Crippen LogP contribution < -0.4 is 5.73 Å². The van der Waals surface area contributed by atoms with E-state index in [1.54, 1.807) is 12.4 Å². The summed E-state index contributed by atoms with van der Waals surface area (Å²) in [4.78, 5) is 8.33. The van der Waals surface area contributed by atoms with Gasteiger partial charge in [0.2, 0.25) is 0 Å². The SMILES string of the molecule is Nc1ccccc1-c1nc(Cc2ccncc2)no1. The third-order valence-electron chi connectivity index (χ3n) is 2.77. The first kappa shape index (κ1) is 11.4. The van der Waals surface area contributed by atoms with E-state index in [1.165, 1.54) is 0 Å². The van der Waals surface area contributed by atoms with Gasteiger partial charge in [0.05, 0.1) is 5.56 Å². The Labute approximate surface area is 110 Å². The molecule has 1 aromatic carbocycles. The molecule has 0 radical (unpaired) electrons. The molecule has 94 valence electrons. The number of rotatable bonds is 3. The van der Waals surface area contributed by atoms with Crippen molar-refractivity contribution < 1.29 is 4.52 Å². The molecular formula is C14H12N4O. The molecule has 2 aromatic heterocycles. The molecule has 3 aromatic rings. The largest absolute Gasteiger partial charge is 0.398 e. The van der Waals surface area contributed by atoms with E-state index >= 15 is 0 Å². The number of hydrogen-bond acceptors (Lipinski definition) is 5. The van der Waals surface area contributed by atoms with E-state index in [0.717, 1.165) is 11.1 Å². The first-order chi connectivity index (χ1) is 9.33. The van der Waals surface area contributed by atoms with Crippen LogP contribution in [0.25, 0.3) is 11.5 Å². The Morgan fingerprint density at radius 1 is 1.05 bits per heavy atom. The van der Waals surface area contributed by atoms with Crippen molar-refractivity contribution in [3.05, 3.63) is 60.2 Å². The first-order valence-corrected chi connectivity index (χ1v) is 5.89. The van der Waals surface area contributed by atoms with Gasteiger partial charge in [-0.2, -0.15) is 4.98 Å². The zero-order valence-electron chi connectivity index (χ0n) is 10.2. The molecule has 0 bridgehead atoms. The highest BCUT2D eigenvalue weighted by molar-refractivity contribution is 5.69. The van der Waals surface area contributed by atoms with Crippen LogP contribution in [0.3, 0.4) is 0 Å². The summed E-state index contributed by atoms with van der Waals surface area (Å²) in [6.07, 6.45) is 4.09. The van der Waals surface area contributed by atoms with E-state index in [2.05, 4.69) is 15.1 Å². The summed E-state index contributed by atoms with van der Waals surface area (Å²) in [6, 6.07) is 11.3. The van der Waals surface area contributed by atoms with E-state index in [4.69, 9.17) is 10.3 Å². The van der Waals surface area contributed by atoms with Gasteiger partial charge in [0.1, 0.15) is 0 Å². The molecule has 0 saturated heterocycles. The second-order valence-electron chi connectivity index (χ2n) is 4.14. The van der Waals surface area contributed by atoms with Crippen LogP contribution in [0.4, 0.5) is 5.69 Å². The van der Waals surface area contributed by atoms with Gasteiger partial charge in [0, 0.05) is 24.5 Å². The van der Waals surface area contributed by atoms with Crippen molar-refractivity contribution in [2.24, 2.45) is 0 Å². The van der Waals surface area contributed by atoms with Crippen molar-refractivity contribution in [2.75, 3.05) is 5.73 Å². The summed E-state index contributed by atoms with van der Waals surface area (Å²) in [7, 11) is 0. The first-order valence-electron chi connectivity index (χ1n) is 5.89. The van der Waals surface area contributed by atoms with Crippen molar-refractivity contribution in [3.8, 4) is 11.5 Å². The molecular weight excluding hydrogens is 240 g/mol. The molecule has 5 heteroatoms. The number of benzene rings is 1. The van der Waals surface area contributed by atoms with Gasteiger partial charge in [0.25, 0.3) is 5.89 Å². The van der Waals surface area contributed by atoms with Crippen LogP contribution in [0, 0.1) is 0 Å². The average Bonchev–Trinajstić information content (AvgIpc) is 2.89. The van der Waals surface area contributed by atoms with Crippen molar-refractivity contribution in [3.63, 3.8) is 0 Å². The van der Waals surface area contributed by atoms with Gasteiger partial charge in [-0.3, -0.25) is 4.98 Å². The Morgan fingerprint density at radius 3 is 2.63 bits per heavy atom. The molecule has 0 atom stereocenters. The lowest BCUT2D eigenvalue weighted by Crippen LogP contribution is -1.92. The average molecular weight is 252 g/mol. The van der Waals surface area contributed by atoms with E-state index in [0.29, 0.717) is 23.8 Å². The fraction of sp³-hybridized carbons (Fsp3) is 0.0714. The Kier molecular flexibility index (Phi) is 2.94. The summed E-state index contributed by atoms with van der Waals surface area (Å²) in [5.41, 5.74) is 8.35. The lowest BCUT2D eigenvalue weighted by molar-refractivity contribution is 0.424. The molecule has 0 saturated carbocycles. The predicted molar refractivity (Wildman–Crippen MR) is 71.2 cm³/mol. The Hall–Kier alpha value is -2.69. The van der Waals surface area contributed by atoms with Crippen LogP contribution in [0.15, 0.2) is 53.3 Å². The minimum absolute atomic E-state index is 0.446. The Morgan fingerprint density at radius 2 is 1.84 bits per heavy atom. The van der Waals surface area contributed by atoms with Gasteiger partial charge in [-0.15, -0.1) is 0 Å². The number of nitrogens with zero attached hydrogens (tertiary/aromatic N) is 3. The van der Waals surface area contributed by atoms with Crippen molar-refractivity contribution >= 4 is 5.69 Å². The highest BCUT2D eigenvalue weighted by atomic mass is 16.5. The minimum Gasteiger partial charge on any atom is -0.398 e. The normalized spacial score (nSPS) is 10.5. The summed E-state index contributed by atoms with van der Waals surface area (Å²) in [6.45, 7) is 0. The molecule has 2 N–H and O–H groups in total. The molecule has 2 heterocycles. The standard InChI is InChI=1S/C14H12N4O/c15-12-4-2-1-3-11(12)14-17-13(18-19-14)9-10-5-7-16-8-6-10/h1-8H,9,15H2. The van der Waals surface area contributed by atoms with Gasteiger partial charge in [-0.05, 0) is 29.8 Å². The minimum atomic E-state index is 0.446. The monoisotopic (exact) mass is 252 g/mol. The van der Waals surface area contributed by atoms with Gasteiger partial charge < -0.3 is 10.3 Å². The maximum absolute atomic E-state index is 5.88. The molecule has 0 unspecified atom stereocenters. The maximum atomic E-state index is 5.88. The zero-order valence-corrected chi connectivity index (χ0v) is 10.2. The highest BCUT2D eigenvalue weighted by Crippen LogP contribution is 2.23. The zero-order chi connectivity index (χ0) is 13.1. The molecule has 3 rings (SSSR count). The number of nitrogens with two attached hydrogens (primary N) is 1. The smallest absolute Gasteiger partial charge is 0.260 e. The van der Waals surface area contributed by atoms with E-state index in [1.807, 2.05) is 36.4 Å². The number of anilines is 1. The molecule has 19 heavy (non-hydrogen) atoms. The van der Waals surface area contributed by atoms with E-state index in [9.17, 15) is 0 Å². The quantitative estimate of drug-likeness (QED) is 0.724. The number of pyridine rings is 1. The second-order valence-corrected chi connectivity index (χ2v) is 4.14. The van der Waals surface area contributed by atoms with Crippen molar-refractivity contribution in [2.45, 2.75) is 6.42 Å². The lowest BCUT2D eigenvalue weighted by Gasteiger charge is -1.98. The number of aromatic nitrogens is 3. The van der Waals surface area contributed by atoms with Gasteiger partial charge in [-0.25, -0.2) is 0 Å². The van der Waals surface area contributed by atoms with Crippen molar-refractivity contribution in [1.82, 2.24) is 15.1 Å². The second kappa shape index (κ2) is 4.89. The summed E-state index contributed by atoms with van der Waals surface area (Å²) >= 11 is 0. The van der Waals surface area contributed by atoms with Gasteiger partial charge in [0.15, 0.2) is 5.82 Å². The Balaban J connectivity index is 1.86. The van der Waals surface area contributed by atoms with Crippen LogP contribution in [0.1, 0.15) is 11.4 Å². The molecule has 0 aliphatic carbocycles. The number of nitrogen functional groups attached to an aromatic ring is 1. The van der Waals surface area contributed by atoms with E-state index in [-0.39, 0.29) is 0 Å². The van der Waals surface area contributed by atoms with Crippen LogP contribution in [0.2, 0.25) is 0 Å². The molecule has 0 spiro atoms. The van der Waals surface area contributed by atoms with Crippen LogP contribution in [-0.2, 0) is 6.42 Å². The van der Waals surface area contributed by atoms with Crippen LogP contribution >= 0.6 is 0 Å². The molecule has 0 amide bonds.